The fourth-order valence-electron chi connectivity index (χ4n) is 7.73. The van der Waals surface area contributed by atoms with Gasteiger partial charge in [-0.1, -0.05) is 55.3 Å². The predicted octanol–water partition coefficient (Wildman–Crippen LogP) is 3.52. The first kappa shape index (κ1) is 32.5. The van der Waals surface area contributed by atoms with Gasteiger partial charge in [0.1, 0.15) is 18.0 Å². The highest BCUT2D eigenvalue weighted by Crippen LogP contribution is 2.48. The van der Waals surface area contributed by atoms with Crippen LogP contribution < -0.4 is 4.74 Å². The minimum atomic E-state index is -2.52. The van der Waals surface area contributed by atoms with E-state index in [1.54, 1.807) is 12.1 Å². The van der Waals surface area contributed by atoms with Crippen LogP contribution in [0.5, 0.6) is 11.5 Å². The van der Waals surface area contributed by atoms with E-state index in [1.807, 2.05) is 60.7 Å². The number of nitrogens with one attached hydrogen (secondary N) is 1. The quantitative estimate of drug-likeness (QED) is 0.0867. The van der Waals surface area contributed by atoms with E-state index in [-0.39, 0.29) is 30.4 Å². The summed E-state index contributed by atoms with van der Waals surface area (Å²) in [5.74, 6) is -3.80. The number of benzene rings is 4. The third-order valence-electron chi connectivity index (χ3n) is 10.3. The maximum Gasteiger partial charge on any atom is 0.343 e. The molecule has 0 radical (unpaired) electrons. The third-order valence-corrected chi connectivity index (χ3v) is 10.3. The molecule has 0 bridgehead atoms. The van der Waals surface area contributed by atoms with Gasteiger partial charge >= 0.3 is 5.97 Å². The predicted molar refractivity (Wildman–Crippen MR) is 176 cm³/mol. The number of aromatic hydroxyl groups is 1. The Labute approximate surface area is 275 Å². The molecule has 7 N–H and O–H groups in total. The molecule has 1 saturated heterocycles. The highest BCUT2D eigenvalue weighted by atomic mass is 16.7. The second-order valence-corrected chi connectivity index (χ2v) is 13.0. The Bertz CT molecular complexity index is 1950. The molecule has 1 aliphatic carbocycles. The van der Waals surface area contributed by atoms with Crippen LogP contribution in [0.4, 0.5) is 0 Å². The number of H-pyrrole nitrogens is 1. The van der Waals surface area contributed by atoms with Crippen LogP contribution in [-0.4, -0.2) is 85.5 Å². The van der Waals surface area contributed by atoms with Gasteiger partial charge in [0, 0.05) is 17.9 Å². The van der Waals surface area contributed by atoms with Crippen molar-refractivity contribution in [1.29, 1.82) is 0 Å². The number of carbonyl (C=O) groups excluding carboxylic acids is 1. The Kier molecular flexibility index (Phi) is 8.63. The molecule has 2 aliphatic rings. The number of aromatic amines is 1. The lowest BCUT2D eigenvalue weighted by Crippen LogP contribution is -2.48. The van der Waals surface area contributed by atoms with E-state index in [0.29, 0.717) is 10.9 Å². The minimum Gasteiger partial charge on any atom is -0.508 e. The molecular weight excluding hydrogens is 618 g/mol. The van der Waals surface area contributed by atoms with Crippen LogP contribution in [0, 0.1) is 5.92 Å². The van der Waals surface area contributed by atoms with Gasteiger partial charge in [0.05, 0.1) is 36.4 Å². The number of hydrogen-bond donors (Lipinski definition) is 7. The van der Waals surface area contributed by atoms with E-state index in [9.17, 15) is 35.4 Å². The number of hydrogen-bond acceptors (Lipinski definition) is 10. The first-order valence-corrected chi connectivity index (χ1v) is 16.2. The molecule has 5 aromatic rings. The fraction of sp³-hybridized carbons (Fsp3) is 0.378. The number of ether oxygens (including phenoxy) is 3. The number of aliphatic hydroxyl groups is 5. The Balaban J connectivity index is 1.21. The fourth-order valence-corrected chi connectivity index (χ4v) is 7.73. The van der Waals surface area contributed by atoms with E-state index in [4.69, 9.17) is 14.2 Å². The summed E-state index contributed by atoms with van der Waals surface area (Å²) in [6.07, 6.45) is -1.60. The zero-order valence-corrected chi connectivity index (χ0v) is 26.2. The summed E-state index contributed by atoms with van der Waals surface area (Å²) in [4.78, 5) is 17.0. The number of esters is 1. The number of rotatable bonds is 10. The minimum absolute atomic E-state index is 0.0696. The van der Waals surface area contributed by atoms with Crippen LogP contribution in [0.15, 0.2) is 72.8 Å². The normalized spacial score (nSPS) is 24.5. The average molecular weight is 658 g/mol. The molecule has 1 saturated carbocycles. The number of phenolic OH excluding ortho intramolecular Hbond substituents is 1. The molecule has 4 aromatic carbocycles. The first-order chi connectivity index (χ1) is 23.2. The van der Waals surface area contributed by atoms with Crippen LogP contribution in [0.2, 0.25) is 0 Å². The number of carbonyl (C=O) groups is 1. The summed E-state index contributed by atoms with van der Waals surface area (Å²) >= 11 is 0. The molecule has 0 spiro atoms. The van der Waals surface area contributed by atoms with E-state index < -0.39 is 54.6 Å². The van der Waals surface area contributed by atoms with Gasteiger partial charge in [0.15, 0.2) is 11.9 Å². The molecule has 48 heavy (non-hydrogen) atoms. The monoisotopic (exact) mass is 657 g/mol. The zero-order chi connectivity index (χ0) is 33.6. The lowest BCUT2D eigenvalue weighted by Gasteiger charge is -2.38. The van der Waals surface area contributed by atoms with Gasteiger partial charge in [-0.05, 0) is 70.3 Å². The Morgan fingerprint density at radius 2 is 1.67 bits per heavy atom. The molecule has 1 aliphatic heterocycles. The average Bonchev–Trinajstić information content (AvgIpc) is 3.80. The smallest absolute Gasteiger partial charge is 0.343 e. The first-order valence-electron chi connectivity index (χ1n) is 16.2. The van der Waals surface area contributed by atoms with Gasteiger partial charge < -0.3 is 49.8 Å². The Hall–Kier alpha value is -4.07. The van der Waals surface area contributed by atoms with E-state index in [0.717, 1.165) is 52.8 Å². The van der Waals surface area contributed by atoms with Crippen LogP contribution in [0.3, 0.4) is 0 Å². The van der Waals surface area contributed by atoms with Crippen molar-refractivity contribution in [2.75, 3.05) is 19.8 Å². The largest absolute Gasteiger partial charge is 0.508 e. The van der Waals surface area contributed by atoms with E-state index in [2.05, 4.69) is 4.98 Å². The molecule has 2 heterocycles. The summed E-state index contributed by atoms with van der Waals surface area (Å²) in [5.41, 5.74) is 1.31. The number of aromatic nitrogens is 1. The van der Waals surface area contributed by atoms with Crippen molar-refractivity contribution in [3.8, 4) is 11.5 Å². The van der Waals surface area contributed by atoms with E-state index >= 15 is 0 Å². The third kappa shape index (κ3) is 5.41. The summed E-state index contributed by atoms with van der Waals surface area (Å²) in [7, 11) is 0. The molecule has 252 valence electrons. The maximum absolute atomic E-state index is 13.9. The molecule has 5 atom stereocenters. The SMILES string of the molecule is O=C(Oc1c(CO)[nH]c2ccc3cc4ccccc4cc3c12)C1OC(O)(CO)C(O)C1OCC(CO)C1(c2ccc(O)cc2)CCCC1. The number of aliphatic hydroxyl groups excluding tert-OH is 4. The van der Waals surface area contributed by atoms with Crippen LogP contribution in [0.1, 0.15) is 36.9 Å². The van der Waals surface area contributed by atoms with Crippen molar-refractivity contribution in [2.45, 2.75) is 61.8 Å². The van der Waals surface area contributed by atoms with E-state index in [1.165, 1.54) is 0 Å². The van der Waals surface area contributed by atoms with Crippen molar-refractivity contribution < 1.29 is 49.6 Å². The highest BCUT2D eigenvalue weighted by Gasteiger charge is 2.58. The number of fused-ring (bicyclic) bond motifs is 4. The maximum atomic E-state index is 13.9. The van der Waals surface area contributed by atoms with Crippen LogP contribution >= 0.6 is 0 Å². The summed E-state index contributed by atoms with van der Waals surface area (Å²) < 4.78 is 17.7. The summed E-state index contributed by atoms with van der Waals surface area (Å²) in [6.45, 7) is -1.87. The highest BCUT2D eigenvalue weighted by molar-refractivity contribution is 6.14. The second kappa shape index (κ2) is 12.8. The molecule has 11 nitrogen and oxygen atoms in total. The van der Waals surface area contributed by atoms with Crippen molar-refractivity contribution in [3.63, 3.8) is 0 Å². The molecular formula is C37H39NO10. The second-order valence-electron chi connectivity index (χ2n) is 13.0. The van der Waals surface area contributed by atoms with Gasteiger partial charge in [0.25, 0.3) is 0 Å². The standard InChI is InChI=1S/C37H39NO10/c39-17-25(36(13-3-4-14-36)24-8-10-26(42)11-9-24)19-46-32-33(48-37(45,20-41)34(32)43)35(44)47-31-29(18-40)38-28-12-7-23-15-21-5-1-2-6-22(21)16-27(23)30(28)31/h1-2,5-12,15-16,25,32-34,38-43,45H,3-4,13-14,17-20H2. The van der Waals surface area contributed by atoms with Crippen molar-refractivity contribution >= 4 is 38.4 Å². The molecule has 7 rings (SSSR count). The number of phenols is 1. The Morgan fingerprint density at radius 1 is 0.958 bits per heavy atom. The topological polar surface area (TPSA) is 182 Å². The molecule has 0 amide bonds. The zero-order valence-electron chi connectivity index (χ0n) is 26.2. The van der Waals surface area contributed by atoms with Gasteiger partial charge in [-0.15, -0.1) is 0 Å². The molecule has 1 aromatic heterocycles. The summed E-state index contributed by atoms with van der Waals surface area (Å²) in [6, 6.07) is 22.5. The van der Waals surface area contributed by atoms with Gasteiger partial charge in [-0.25, -0.2) is 4.79 Å². The van der Waals surface area contributed by atoms with Gasteiger partial charge in [-0.2, -0.15) is 0 Å². The lowest BCUT2D eigenvalue weighted by atomic mass is 9.69. The van der Waals surface area contributed by atoms with Crippen molar-refractivity contribution in [3.05, 3.63) is 84.1 Å². The van der Waals surface area contributed by atoms with Gasteiger partial charge in [0.2, 0.25) is 5.79 Å². The lowest BCUT2D eigenvalue weighted by molar-refractivity contribution is -0.246. The summed E-state index contributed by atoms with van der Waals surface area (Å²) in [5, 5.41) is 67.0. The van der Waals surface area contributed by atoms with Gasteiger partial charge in [-0.3, -0.25) is 0 Å². The molecule has 11 heteroatoms. The van der Waals surface area contributed by atoms with Crippen molar-refractivity contribution in [1.82, 2.24) is 4.98 Å². The van der Waals surface area contributed by atoms with Crippen LogP contribution in [0.25, 0.3) is 32.4 Å². The molecule has 5 unspecified atom stereocenters. The Morgan fingerprint density at radius 3 is 2.33 bits per heavy atom. The molecule has 2 fully saturated rings. The van der Waals surface area contributed by atoms with Crippen molar-refractivity contribution in [2.24, 2.45) is 5.92 Å². The van der Waals surface area contributed by atoms with Crippen LogP contribution in [-0.2, 0) is 26.3 Å².